The Hall–Kier alpha value is -1.62. The van der Waals surface area contributed by atoms with Crippen molar-refractivity contribution in [2.24, 2.45) is 5.41 Å². The van der Waals surface area contributed by atoms with Gasteiger partial charge in [0.1, 0.15) is 0 Å². The molecule has 1 atom stereocenters. The van der Waals surface area contributed by atoms with E-state index in [4.69, 9.17) is 0 Å². The topological polar surface area (TPSA) is 39.7 Å². The van der Waals surface area contributed by atoms with E-state index in [9.17, 15) is 4.79 Å². The number of piperidine rings is 2. The molecule has 2 aliphatic heterocycles. The van der Waals surface area contributed by atoms with Gasteiger partial charge in [-0.05, 0) is 52.4 Å². The fourth-order valence-electron chi connectivity index (χ4n) is 4.12. The first-order valence-corrected chi connectivity index (χ1v) is 9.08. The zero-order chi connectivity index (χ0) is 17.2. The van der Waals surface area contributed by atoms with Gasteiger partial charge in [-0.15, -0.1) is 0 Å². The van der Waals surface area contributed by atoms with Gasteiger partial charge in [0.05, 0.1) is 0 Å². The number of carbonyl (C=O) groups is 1. The van der Waals surface area contributed by atoms with Gasteiger partial charge in [0.15, 0.2) is 0 Å². The van der Waals surface area contributed by atoms with E-state index in [1.54, 1.807) is 0 Å². The molecule has 24 heavy (non-hydrogen) atoms. The molecule has 1 amide bonds. The number of likely N-dealkylation sites (N-methyl/N-ethyl adjacent to an activating group) is 1. The van der Waals surface area contributed by atoms with Crippen molar-refractivity contribution in [3.05, 3.63) is 24.0 Å². The Balaban J connectivity index is 1.71. The molecule has 0 bridgehead atoms. The number of hydrogen-bond donors (Lipinski definition) is 0. The number of amides is 1. The summed E-state index contributed by atoms with van der Waals surface area (Å²) in [5.41, 5.74) is 2.60. The Kier molecular flexibility index (Phi) is 5.09. The summed E-state index contributed by atoms with van der Waals surface area (Å²) in [5.74, 6) is 0.333. The second-order valence-electron chi connectivity index (χ2n) is 7.80. The summed E-state index contributed by atoms with van der Waals surface area (Å²) >= 11 is 0. The van der Waals surface area contributed by atoms with Crippen molar-refractivity contribution >= 4 is 11.6 Å². The van der Waals surface area contributed by atoms with Crippen molar-refractivity contribution < 1.29 is 4.79 Å². The Morgan fingerprint density at radius 1 is 1.29 bits per heavy atom. The van der Waals surface area contributed by atoms with Crippen LogP contribution in [0, 0.1) is 12.3 Å². The fraction of sp³-hybridized carbons (Fsp3) is 0.684. The van der Waals surface area contributed by atoms with E-state index in [0.717, 1.165) is 44.8 Å². The maximum Gasteiger partial charge on any atom is 0.222 e. The van der Waals surface area contributed by atoms with E-state index >= 15 is 0 Å². The molecule has 2 aliphatic rings. The smallest absolute Gasteiger partial charge is 0.222 e. The molecule has 1 aromatic rings. The van der Waals surface area contributed by atoms with Crippen molar-refractivity contribution in [2.75, 3.05) is 51.7 Å². The van der Waals surface area contributed by atoms with Crippen LogP contribution in [0.25, 0.3) is 0 Å². The standard InChI is InChI=1S/C19H30N4O/c1-16-13-17(6-9-20-16)22-10-4-7-19(14-22)8-5-18(24)23(15-19)12-11-21(2)3/h6,9,13H,4-5,7-8,10-12,14-15H2,1-3H3/t19-/m0/s1. The van der Waals surface area contributed by atoms with Crippen LogP contribution in [-0.4, -0.2) is 67.5 Å². The number of pyridine rings is 1. The van der Waals surface area contributed by atoms with Gasteiger partial charge < -0.3 is 14.7 Å². The number of anilines is 1. The lowest BCUT2D eigenvalue weighted by Crippen LogP contribution is -2.55. The molecule has 0 N–H and O–H groups in total. The zero-order valence-corrected chi connectivity index (χ0v) is 15.3. The maximum absolute atomic E-state index is 12.3. The first-order chi connectivity index (χ1) is 11.5. The van der Waals surface area contributed by atoms with Crippen LogP contribution >= 0.6 is 0 Å². The van der Waals surface area contributed by atoms with Crippen molar-refractivity contribution in [3.63, 3.8) is 0 Å². The average molecular weight is 330 g/mol. The highest BCUT2D eigenvalue weighted by Crippen LogP contribution is 2.40. The van der Waals surface area contributed by atoms with E-state index in [2.05, 4.69) is 45.9 Å². The van der Waals surface area contributed by atoms with Gasteiger partial charge in [0, 0.05) is 62.1 Å². The fourth-order valence-corrected chi connectivity index (χ4v) is 4.12. The minimum atomic E-state index is 0.260. The zero-order valence-electron chi connectivity index (χ0n) is 15.3. The summed E-state index contributed by atoms with van der Waals surface area (Å²) < 4.78 is 0. The molecule has 5 nitrogen and oxygen atoms in total. The highest BCUT2D eigenvalue weighted by molar-refractivity contribution is 5.77. The van der Waals surface area contributed by atoms with E-state index in [-0.39, 0.29) is 5.41 Å². The Morgan fingerprint density at radius 3 is 2.88 bits per heavy atom. The number of aryl methyl sites for hydroxylation is 1. The van der Waals surface area contributed by atoms with Crippen LogP contribution in [0.3, 0.4) is 0 Å². The van der Waals surface area contributed by atoms with Crippen molar-refractivity contribution in [2.45, 2.75) is 32.6 Å². The number of nitrogens with zero attached hydrogens (tertiary/aromatic N) is 4. The number of aromatic nitrogens is 1. The summed E-state index contributed by atoms with van der Waals surface area (Å²) in [7, 11) is 4.14. The van der Waals surface area contributed by atoms with Crippen LogP contribution in [-0.2, 0) is 4.79 Å². The van der Waals surface area contributed by atoms with Crippen LogP contribution in [0.15, 0.2) is 18.3 Å². The average Bonchev–Trinajstić information content (AvgIpc) is 2.56. The third kappa shape index (κ3) is 3.89. The molecule has 1 spiro atoms. The van der Waals surface area contributed by atoms with Crippen LogP contribution in [0.1, 0.15) is 31.4 Å². The normalized spacial score (nSPS) is 24.9. The predicted octanol–water partition coefficient (Wildman–Crippen LogP) is 2.16. The molecule has 3 heterocycles. The number of rotatable bonds is 4. The van der Waals surface area contributed by atoms with Crippen LogP contribution in [0.5, 0.6) is 0 Å². The van der Waals surface area contributed by atoms with Gasteiger partial charge in [-0.1, -0.05) is 0 Å². The maximum atomic E-state index is 12.3. The minimum absolute atomic E-state index is 0.260. The summed E-state index contributed by atoms with van der Waals surface area (Å²) in [6.07, 6.45) is 6.08. The van der Waals surface area contributed by atoms with Crippen molar-refractivity contribution in [1.82, 2.24) is 14.8 Å². The van der Waals surface area contributed by atoms with Gasteiger partial charge in [0.2, 0.25) is 5.91 Å². The highest BCUT2D eigenvalue weighted by atomic mass is 16.2. The molecule has 0 aliphatic carbocycles. The third-order valence-electron chi connectivity index (χ3n) is 5.47. The van der Waals surface area contributed by atoms with Gasteiger partial charge >= 0.3 is 0 Å². The molecule has 0 saturated carbocycles. The monoisotopic (exact) mass is 330 g/mol. The van der Waals surface area contributed by atoms with Crippen LogP contribution in [0.2, 0.25) is 0 Å². The van der Waals surface area contributed by atoms with Crippen molar-refractivity contribution in [3.8, 4) is 0 Å². The molecule has 3 rings (SSSR count). The molecule has 0 aromatic carbocycles. The molecule has 5 heteroatoms. The van der Waals surface area contributed by atoms with E-state index in [0.29, 0.717) is 12.3 Å². The summed E-state index contributed by atoms with van der Waals surface area (Å²) in [5, 5.41) is 0. The summed E-state index contributed by atoms with van der Waals surface area (Å²) in [6.45, 7) is 6.92. The highest BCUT2D eigenvalue weighted by Gasteiger charge is 2.41. The van der Waals surface area contributed by atoms with Gasteiger partial charge in [0.25, 0.3) is 0 Å². The molecule has 2 fully saturated rings. The summed E-state index contributed by atoms with van der Waals surface area (Å²) in [4.78, 5) is 23.4. The number of likely N-dealkylation sites (tertiary alicyclic amines) is 1. The first kappa shape index (κ1) is 17.2. The molecule has 132 valence electrons. The minimum Gasteiger partial charge on any atom is -0.371 e. The molecule has 2 saturated heterocycles. The Morgan fingerprint density at radius 2 is 2.12 bits per heavy atom. The van der Waals surface area contributed by atoms with Crippen molar-refractivity contribution in [1.29, 1.82) is 0 Å². The van der Waals surface area contributed by atoms with E-state index in [1.165, 1.54) is 18.5 Å². The lowest BCUT2D eigenvalue weighted by Gasteiger charge is -2.49. The Bertz CT molecular complexity index is 588. The van der Waals surface area contributed by atoms with Crippen LogP contribution < -0.4 is 4.90 Å². The third-order valence-corrected chi connectivity index (χ3v) is 5.47. The second-order valence-corrected chi connectivity index (χ2v) is 7.80. The molecular weight excluding hydrogens is 300 g/mol. The SMILES string of the molecule is Cc1cc(N2CCC[C@]3(CCC(=O)N(CCN(C)C)C3)C2)ccn1. The lowest BCUT2D eigenvalue weighted by molar-refractivity contribution is -0.138. The van der Waals surface area contributed by atoms with Gasteiger partial charge in [-0.25, -0.2) is 0 Å². The second kappa shape index (κ2) is 7.09. The molecule has 1 aromatic heterocycles. The molecule has 0 radical (unpaired) electrons. The summed E-state index contributed by atoms with van der Waals surface area (Å²) in [6, 6.07) is 4.29. The van der Waals surface area contributed by atoms with Crippen LogP contribution in [0.4, 0.5) is 5.69 Å². The van der Waals surface area contributed by atoms with E-state index in [1.807, 2.05) is 13.1 Å². The first-order valence-electron chi connectivity index (χ1n) is 9.08. The van der Waals surface area contributed by atoms with E-state index < -0.39 is 0 Å². The number of carbonyl (C=O) groups excluding carboxylic acids is 1. The Labute approximate surface area is 145 Å². The van der Waals surface area contributed by atoms with Gasteiger partial charge in [-0.2, -0.15) is 0 Å². The largest absolute Gasteiger partial charge is 0.371 e. The molecule has 0 unspecified atom stereocenters. The lowest BCUT2D eigenvalue weighted by atomic mass is 9.73. The molecular formula is C19H30N4O. The quantitative estimate of drug-likeness (QED) is 0.848. The predicted molar refractivity (Wildman–Crippen MR) is 97.2 cm³/mol. The van der Waals surface area contributed by atoms with Gasteiger partial charge in [-0.3, -0.25) is 9.78 Å². The number of hydrogen-bond acceptors (Lipinski definition) is 4.